The number of hydrogen-bond donors (Lipinski definition) is 2. The molecule has 3 heterocycles. The quantitative estimate of drug-likeness (QED) is 0.309. The fourth-order valence-corrected chi connectivity index (χ4v) is 8.16. The summed E-state index contributed by atoms with van der Waals surface area (Å²) in [5, 5.41) is 4.93. The minimum absolute atomic E-state index is 0.121. The number of thiophene rings is 1. The van der Waals surface area contributed by atoms with Gasteiger partial charge in [-0.1, -0.05) is 24.3 Å². The summed E-state index contributed by atoms with van der Waals surface area (Å²) in [4.78, 5) is 16.3. The van der Waals surface area contributed by atoms with E-state index in [1.807, 2.05) is 41.8 Å². The summed E-state index contributed by atoms with van der Waals surface area (Å²) in [5.41, 5.74) is 9.49. The Morgan fingerprint density at radius 1 is 1.11 bits per heavy atom. The zero-order valence-electron chi connectivity index (χ0n) is 21.0. The number of anilines is 2. The molecule has 202 valence electrons. The molecule has 1 aromatic heterocycles. The Kier molecular flexibility index (Phi) is 7.52. The highest BCUT2D eigenvalue weighted by molar-refractivity contribution is 8.49. The maximum Gasteiger partial charge on any atom is 0.444 e. The topological polar surface area (TPSA) is 128 Å². The normalized spacial score (nSPS) is 19.3. The fourth-order valence-electron chi connectivity index (χ4n) is 4.65. The van der Waals surface area contributed by atoms with Crippen LogP contribution in [-0.2, 0) is 29.6 Å². The highest BCUT2D eigenvalue weighted by atomic mass is 32.8. The van der Waals surface area contributed by atoms with E-state index in [2.05, 4.69) is 10.2 Å². The first kappa shape index (κ1) is 27.1. The van der Waals surface area contributed by atoms with E-state index in [9.17, 15) is 17.8 Å². The van der Waals surface area contributed by atoms with Crippen LogP contribution < -0.4 is 11.1 Å². The van der Waals surface area contributed by atoms with Crippen molar-refractivity contribution in [3.63, 3.8) is 0 Å². The van der Waals surface area contributed by atoms with Crippen molar-refractivity contribution in [3.05, 3.63) is 71.1 Å². The number of rotatable bonds is 6. The molecule has 12 heteroatoms. The number of nitrogens with zero attached hydrogens (tertiary/aromatic N) is 1. The number of piperidine rings is 1. The zero-order valence-corrected chi connectivity index (χ0v) is 23.5. The van der Waals surface area contributed by atoms with Crippen LogP contribution >= 0.6 is 18.1 Å². The molecule has 5 rings (SSSR count). The predicted octanol–water partition coefficient (Wildman–Crippen LogP) is 5.03. The molecule has 2 aromatic carbocycles. The van der Waals surface area contributed by atoms with Gasteiger partial charge in [-0.25, -0.2) is 13.0 Å². The average Bonchev–Trinajstić information content (AvgIpc) is 3.44. The standard InChI is InChI=1S/C26H30N3O6PS2/c1-38(32,33)36(31)34-17-26(18-35-36)10-12-29(13-11-26)16-19-4-6-20(7-5-19)25(30)28-23-15-21(8-9-22(23)27)24-3-2-14-37-24/h2-9,14-15H,10-13,16-18,27H2,1H3,(H,28,30). The molecule has 0 radical (unpaired) electrons. The highest BCUT2D eigenvalue weighted by Gasteiger charge is 2.49. The summed E-state index contributed by atoms with van der Waals surface area (Å²) in [6, 6.07) is 17.1. The third-order valence-electron chi connectivity index (χ3n) is 7.11. The van der Waals surface area contributed by atoms with E-state index in [0.29, 0.717) is 16.9 Å². The lowest BCUT2D eigenvalue weighted by Gasteiger charge is -2.44. The number of amides is 1. The number of nitrogens with two attached hydrogens (primary N) is 1. The summed E-state index contributed by atoms with van der Waals surface area (Å²) in [5.74, 6) is -0.227. The molecule has 0 bridgehead atoms. The molecule has 2 fully saturated rings. The second-order valence-corrected chi connectivity index (χ2v) is 17.1. The average molecular weight is 576 g/mol. The molecule has 1 spiro atoms. The van der Waals surface area contributed by atoms with Crippen LogP contribution in [0.4, 0.5) is 11.4 Å². The van der Waals surface area contributed by atoms with E-state index in [0.717, 1.165) is 54.7 Å². The number of nitrogens with one attached hydrogen (secondary N) is 1. The summed E-state index contributed by atoms with van der Waals surface area (Å²) in [7, 11) is -3.91. The maximum atomic E-state index is 12.9. The van der Waals surface area contributed by atoms with E-state index in [1.54, 1.807) is 29.5 Å². The number of carbonyl (C=O) groups excluding carboxylic acids is 1. The van der Waals surface area contributed by atoms with Gasteiger partial charge in [0.15, 0.2) is 0 Å². The van der Waals surface area contributed by atoms with Gasteiger partial charge in [-0.05, 0) is 72.8 Å². The van der Waals surface area contributed by atoms with Crippen LogP contribution in [0.3, 0.4) is 0 Å². The third kappa shape index (κ3) is 5.73. The molecule has 0 aliphatic carbocycles. The van der Waals surface area contributed by atoms with Crippen LogP contribution in [0.1, 0.15) is 28.8 Å². The van der Waals surface area contributed by atoms with Crippen molar-refractivity contribution in [3.8, 4) is 10.4 Å². The van der Waals surface area contributed by atoms with Gasteiger partial charge in [0.25, 0.3) is 5.91 Å². The summed E-state index contributed by atoms with van der Waals surface area (Å²) < 4.78 is 46.3. The number of hydrogen-bond acceptors (Lipinski definition) is 9. The molecule has 2 aliphatic heterocycles. The molecule has 2 saturated heterocycles. The zero-order chi connectivity index (χ0) is 27.0. The van der Waals surface area contributed by atoms with Crippen molar-refractivity contribution in [1.29, 1.82) is 0 Å². The van der Waals surface area contributed by atoms with Gasteiger partial charge < -0.3 is 11.1 Å². The summed E-state index contributed by atoms with van der Waals surface area (Å²) >= 11 is 1.63. The maximum absolute atomic E-state index is 12.9. The van der Waals surface area contributed by atoms with Gasteiger partial charge in [0, 0.05) is 22.4 Å². The molecule has 38 heavy (non-hydrogen) atoms. The lowest BCUT2D eigenvalue weighted by Crippen LogP contribution is -2.46. The van der Waals surface area contributed by atoms with Crippen LogP contribution in [0.25, 0.3) is 10.4 Å². The van der Waals surface area contributed by atoms with E-state index in [1.165, 1.54) is 0 Å². The van der Waals surface area contributed by atoms with Crippen LogP contribution in [0.2, 0.25) is 0 Å². The Bertz CT molecular complexity index is 1450. The smallest absolute Gasteiger partial charge is 0.397 e. The Labute approximate surface area is 226 Å². The van der Waals surface area contributed by atoms with E-state index in [-0.39, 0.29) is 24.5 Å². The SMILES string of the molecule is CS(=O)(=O)P1(=O)OCC2(CCN(Cc3ccc(C(=O)Nc4cc(-c5cccs5)ccc4N)cc3)CC2)CO1. The first-order chi connectivity index (χ1) is 18.1. The molecule has 9 nitrogen and oxygen atoms in total. The molecule has 3 aromatic rings. The lowest BCUT2D eigenvalue weighted by atomic mass is 9.80. The van der Waals surface area contributed by atoms with Crippen LogP contribution in [0.15, 0.2) is 60.0 Å². The molecule has 1 amide bonds. The summed E-state index contributed by atoms with van der Waals surface area (Å²) in [6.45, 7) is -1.58. The van der Waals surface area contributed by atoms with Crippen molar-refractivity contribution in [2.45, 2.75) is 19.4 Å². The second kappa shape index (κ2) is 10.6. The number of nitrogen functional groups attached to an aromatic ring is 1. The molecule has 0 saturated carbocycles. The van der Waals surface area contributed by atoms with Crippen molar-refractivity contribution < 1.29 is 26.8 Å². The van der Waals surface area contributed by atoms with Crippen molar-refractivity contribution >= 4 is 44.9 Å². The number of benzene rings is 2. The van der Waals surface area contributed by atoms with Gasteiger partial charge in [0.1, 0.15) is 0 Å². The lowest BCUT2D eigenvalue weighted by molar-refractivity contribution is -0.0227. The fraction of sp³-hybridized carbons (Fsp3) is 0.346. The predicted molar refractivity (Wildman–Crippen MR) is 150 cm³/mol. The largest absolute Gasteiger partial charge is 0.444 e. The molecular formula is C26H30N3O6PS2. The molecule has 2 aliphatic rings. The monoisotopic (exact) mass is 575 g/mol. The Morgan fingerprint density at radius 3 is 2.39 bits per heavy atom. The first-order valence-electron chi connectivity index (χ1n) is 12.2. The summed E-state index contributed by atoms with van der Waals surface area (Å²) in [6.07, 6.45) is 2.38. The molecular weight excluding hydrogens is 545 g/mol. The molecule has 3 N–H and O–H groups in total. The second-order valence-electron chi connectivity index (χ2n) is 9.93. The van der Waals surface area contributed by atoms with Crippen molar-refractivity contribution in [1.82, 2.24) is 4.90 Å². The van der Waals surface area contributed by atoms with Crippen LogP contribution in [-0.4, -0.2) is 51.8 Å². The van der Waals surface area contributed by atoms with E-state index in [4.69, 9.17) is 14.8 Å². The number of carbonyl (C=O) groups is 1. The van der Waals surface area contributed by atoms with Gasteiger partial charge in [-0.15, -0.1) is 11.3 Å². The third-order valence-corrected chi connectivity index (χ3v) is 12.8. The van der Waals surface area contributed by atoms with Crippen molar-refractivity contribution in [2.75, 3.05) is 43.6 Å². The first-order valence-corrected chi connectivity index (χ1v) is 17.1. The molecule has 0 unspecified atom stereocenters. The van der Waals surface area contributed by atoms with Gasteiger partial charge in [-0.3, -0.25) is 18.7 Å². The highest BCUT2D eigenvalue weighted by Crippen LogP contribution is 2.59. The minimum Gasteiger partial charge on any atom is -0.397 e. The van der Waals surface area contributed by atoms with Crippen LogP contribution in [0, 0.1) is 5.41 Å². The Balaban J connectivity index is 1.15. The van der Waals surface area contributed by atoms with E-state index >= 15 is 0 Å². The van der Waals surface area contributed by atoms with E-state index < -0.39 is 16.3 Å². The van der Waals surface area contributed by atoms with Crippen LogP contribution in [0.5, 0.6) is 0 Å². The van der Waals surface area contributed by atoms with Gasteiger partial charge in [0.05, 0.1) is 30.8 Å². The van der Waals surface area contributed by atoms with Gasteiger partial charge in [-0.2, -0.15) is 0 Å². The Morgan fingerprint density at radius 2 is 1.79 bits per heavy atom. The van der Waals surface area contributed by atoms with Gasteiger partial charge >= 0.3 is 6.80 Å². The minimum atomic E-state index is -4.09. The molecule has 0 atom stereocenters. The Hall–Kier alpha value is -2.53. The van der Waals surface area contributed by atoms with Crippen molar-refractivity contribution in [2.24, 2.45) is 5.41 Å². The number of likely N-dealkylation sites (tertiary alicyclic amines) is 1. The van der Waals surface area contributed by atoms with Gasteiger partial charge in [0.2, 0.25) is 9.46 Å².